The van der Waals surface area contributed by atoms with Crippen molar-refractivity contribution >= 4 is 34.4 Å². The van der Waals surface area contributed by atoms with E-state index in [1.165, 1.54) is 0 Å². The van der Waals surface area contributed by atoms with E-state index in [0.29, 0.717) is 23.1 Å². The van der Waals surface area contributed by atoms with Gasteiger partial charge in [-0.05, 0) is 53.6 Å². The molecule has 1 aromatic heterocycles. The van der Waals surface area contributed by atoms with E-state index in [2.05, 4.69) is 21.8 Å². The summed E-state index contributed by atoms with van der Waals surface area (Å²) in [7, 11) is 1.98. The highest BCUT2D eigenvalue weighted by Gasteiger charge is 2.24. The second-order valence-electron chi connectivity index (χ2n) is 8.68. The molecule has 2 heterocycles. The van der Waals surface area contributed by atoms with Crippen LogP contribution in [0.4, 0.5) is 5.69 Å². The van der Waals surface area contributed by atoms with Crippen molar-refractivity contribution in [2.45, 2.75) is 13.0 Å². The van der Waals surface area contributed by atoms with Gasteiger partial charge in [0, 0.05) is 30.5 Å². The number of anilines is 1. The Labute approximate surface area is 207 Å². The van der Waals surface area contributed by atoms with Gasteiger partial charge in [-0.15, -0.1) is 0 Å². The minimum Gasteiger partial charge on any atom is -0.403 e. The number of piperidine rings is 1. The van der Waals surface area contributed by atoms with Crippen LogP contribution in [0.3, 0.4) is 0 Å². The summed E-state index contributed by atoms with van der Waals surface area (Å²) < 4.78 is 5.42. The number of hydrogen-bond donors (Lipinski definition) is 1. The van der Waals surface area contributed by atoms with Crippen molar-refractivity contribution < 1.29 is 14.0 Å². The van der Waals surface area contributed by atoms with E-state index < -0.39 is 11.5 Å². The van der Waals surface area contributed by atoms with Gasteiger partial charge in [-0.25, -0.2) is 9.78 Å². The molecule has 1 fully saturated rings. The van der Waals surface area contributed by atoms with Crippen molar-refractivity contribution in [3.63, 3.8) is 0 Å². The minimum atomic E-state index is -0.418. The number of nitrogens with one attached hydrogen (secondary N) is 1. The molecular formula is C29H23N3O4. The van der Waals surface area contributed by atoms with Crippen molar-refractivity contribution in [1.29, 1.82) is 0 Å². The third kappa shape index (κ3) is 4.72. The van der Waals surface area contributed by atoms with Crippen LogP contribution in [0.25, 0.3) is 28.4 Å². The van der Waals surface area contributed by atoms with Crippen molar-refractivity contribution in [2.24, 2.45) is 0 Å². The molecule has 1 saturated heterocycles. The number of nitrogens with zero attached hydrogens (tertiary/aromatic N) is 2. The lowest BCUT2D eigenvalue weighted by Gasteiger charge is -2.20. The summed E-state index contributed by atoms with van der Waals surface area (Å²) in [6.45, 7) is 4.30. The normalized spacial score (nSPS) is 14.8. The van der Waals surface area contributed by atoms with Gasteiger partial charge in [0.05, 0.1) is 22.9 Å². The number of aromatic nitrogens is 1. The van der Waals surface area contributed by atoms with Crippen LogP contribution in [-0.2, 0) is 16.1 Å². The second kappa shape index (κ2) is 9.46. The molecule has 1 N–H and O–H groups in total. The van der Waals surface area contributed by atoms with Crippen LogP contribution in [0.15, 0.2) is 99.9 Å². The zero-order valence-corrected chi connectivity index (χ0v) is 19.7. The quantitative estimate of drug-likeness (QED) is 0.337. The first-order valence-corrected chi connectivity index (χ1v) is 11.4. The lowest BCUT2D eigenvalue weighted by atomic mass is 9.99. The lowest BCUT2D eigenvalue weighted by Crippen LogP contribution is -2.34. The van der Waals surface area contributed by atoms with Gasteiger partial charge in [-0.3, -0.25) is 9.59 Å². The number of ketones is 1. The number of fused-ring (bicyclic) bond motifs is 1. The van der Waals surface area contributed by atoms with Gasteiger partial charge >= 0.3 is 5.63 Å². The van der Waals surface area contributed by atoms with Crippen LogP contribution < -0.4 is 15.8 Å². The Kier molecular flexibility index (Phi) is 6.04. The highest BCUT2D eigenvalue weighted by atomic mass is 16.4. The van der Waals surface area contributed by atoms with E-state index >= 15 is 0 Å². The number of para-hydroxylation sites is 1. The fourth-order valence-electron chi connectivity index (χ4n) is 4.09. The molecule has 5 rings (SSSR count). The summed E-state index contributed by atoms with van der Waals surface area (Å²) in [6, 6.07) is 22.5. The Morgan fingerprint density at radius 2 is 1.72 bits per heavy atom. The Balaban J connectivity index is 1.28. The molecule has 178 valence electrons. The first kappa shape index (κ1) is 23.0. The molecule has 36 heavy (non-hydrogen) atoms. The van der Waals surface area contributed by atoms with Crippen molar-refractivity contribution in [3.05, 3.63) is 112 Å². The van der Waals surface area contributed by atoms with E-state index in [1.54, 1.807) is 24.3 Å². The molecule has 7 nitrogen and oxygen atoms in total. The molecule has 1 aliphatic rings. The van der Waals surface area contributed by atoms with E-state index in [0.717, 1.165) is 22.4 Å². The summed E-state index contributed by atoms with van der Waals surface area (Å²) in [5.41, 5.74) is 4.31. The summed E-state index contributed by atoms with van der Waals surface area (Å²) >= 11 is 0. The van der Waals surface area contributed by atoms with Gasteiger partial charge in [0.1, 0.15) is 0 Å². The van der Waals surface area contributed by atoms with Gasteiger partial charge in [-0.1, -0.05) is 43.0 Å². The molecule has 1 aliphatic heterocycles. The first-order chi connectivity index (χ1) is 17.4. The molecule has 0 unspecified atom stereocenters. The first-order valence-electron chi connectivity index (χ1n) is 11.4. The summed E-state index contributed by atoms with van der Waals surface area (Å²) in [6.07, 6.45) is 1.73. The van der Waals surface area contributed by atoms with Crippen molar-refractivity contribution in [3.8, 4) is 11.5 Å². The monoisotopic (exact) mass is 477 g/mol. The molecule has 3 aromatic carbocycles. The van der Waals surface area contributed by atoms with E-state index in [4.69, 9.17) is 4.42 Å². The number of Topliss-reactive ketones (excluding diaryl/α,β-unsaturated/α-hetero) is 1. The maximum absolute atomic E-state index is 12.3. The van der Waals surface area contributed by atoms with E-state index in [-0.39, 0.29) is 23.7 Å². The molecular weight excluding hydrogens is 454 g/mol. The zero-order valence-electron chi connectivity index (χ0n) is 19.7. The fraction of sp³-hybridized carbons (Fsp3) is 0.103. The van der Waals surface area contributed by atoms with Gasteiger partial charge < -0.3 is 14.6 Å². The zero-order chi connectivity index (χ0) is 25.2. The van der Waals surface area contributed by atoms with Crippen LogP contribution in [0.2, 0.25) is 0 Å². The Morgan fingerprint density at radius 1 is 1.00 bits per heavy atom. The highest BCUT2D eigenvalue weighted by molar-refractivity contribution is 6.25. The Morgan fingerprint density at radius 3 is 2.44 bits per heavy atom. The topological polar surface area (TPSA) is 92.5 Å². The smallest absolute Gasteiger partial charge is 0.347 e. The number of rotatable bonds is 5. The largest absolute Gasteiger partial charge is 0.403 e. The molecule has 0 atom stereocenters. The fourth-order valence-corrected chi connectivity index (χ4v) is 4.09. The number of amides is 1. The van der Waals surface area contributed by atoms with Crippen molar-refractivity contribution in [1.82, 2.24) is 10.3 Å². The van der Waals surface area contributed by atoms with E-state index in [9.17, 15) is 14.4 Å². The summed E-state index contributed by atoms with van der Waals surface area (Å²) in [5.74, 6) is -0.358. The third-order valence-corrected chi connectivity index (χ3v) is 6.01. The Bertz CT molecular complexity index is 1560. The Hall–Kier alpha value is -4.78. The average molecular weight is 478 g/mol. The molecule has 7 heteroatoms. The number of allylic oxidation sites excluding steroid dienone is 1. The standard InChI is InChI=1S/C29H23N3O4/c1-18-15-26(33)24(27(34)30-18)16-19-9-13-22(14-10-19)32(2)17-20-7-11-21(12-8-20)28-31-25-6-4-3-5-23(25)29(35)36-28/h3-14,16H,1,15,17H2,2H3,(H,30,34)/b24-16+. The van der Waals surface area contributed by atoms with Crippen LogP contribution in [-0.4, -0.2) is 23.7 Å². The predicted molar refractivity (Wildman–Crippen MR) is 139 cm³/mol. The lowest BCUT2D eigenvalue weighted by molar-refractivity contribution is -0.123. The molecule has 4 aromatic rings. The van der Waals surface area contributed by atoms with E-state index in [1.807, 2.05) is 61.6 Å². The summed E-state index contributed by atoms with van der Waals surface area (Å²) in [5, 5.41) is 3.07. The maximum Gasteiger partial charge on any atom is 0.347 e. The number of carbonyl (C=O) groups excluding carboxylic acids is 2. The van der Waals surface area contributed by atoms with Gasteiger partial charge in [-0.2, -0.15) is 0 Å². The number of benzene rings is 3. The molecule has 0 radical (unpaired) electrons. The third-order valence-electron chi connectivity index (χ3n) is 6.01. The molecule has 0 spiro atoms. The molecule has 0 saturated carbocycles. The van der Waals surface area contributed by atoms with Gasteiger partial charge in [0.2, 0.25) is 5.89 Å². The second-order valence-corrected chi connectivity index (χ2v) is 8.68. The van der Waals surface area contributed by atoms with Crippen LogP contribution >= 0.6 is 0 Å². The maximum atomic E-state index is 12.3. The highest BCUT2D eigenvalue weighted by Crippen LogP contribution is 2.22. The number of carbonyl (C=O) groups is 2. The van der Waals surface area contributed by atoms with Crippen molar-refractivity contribution in [2.75, 3.05) is 11.9 Å². The molecule has 1 amide bonds. The van der Waals surface area contributed by atoms with Crippen LogP contribution in [0, 0.1) is 0 Å². The SMILES string of the molecule is C=C1CC(=O)/C(=C\c2ccc(N(C)Cc3ccc(-c4nc5ccccc5c(=O)o4)cc3)cc2)C(=O)N1. The average Bonchev–Trinajstić information content (AvgIpc) is 2.87. The van der Waals surface area contributed by atoms with Crippen LogP contribution in [0.1, 0.15) is 17.5 Å². The number of hydrogen-bond acceptors (Lipinski definition) is 6. The van der Waals surface area contributed by atoms with Gasteiger partial charge in [0.25, 0.3) is 5.91 Å². The summed E-state index contributed by atoms with van der Waals surface area (Å²) in [4.78, 5) is 43.1. The molecule has 0 aliphatic carbocycles. The van der Waals surface area contributed by atoms with Gasteiger partial charge in [0.15, 0.2) is 5.78 Å². The minimum absolute atomic E-state index is 0.125. The van der Waals surface area contributed by atoms with Crippen LogP contribution in [0.5, 0.6) is 0 Å². The molecule has 0 bridgehead atoms. The predicted octanol–water partition coefficient (Wildman–Crippen LogP) is 4.48.